The minimum Gasteiger partial charge on any atom is -0.461 e. The van der Waals surface area contributed by atoms with Gasteiger partial charge >= 0.3 is 5.97 Å². The number of aromatic amines is 1. The van der Waals surface area contributed by atoms with Crippen LogP contribution in [0.3, 0.4) is 0 Å². The largest absolute Gasteiger partial charge is 0.461 e. The summed E-state index contributed by atoms with van der Waals surface area (Å²) < 4.78 is 4.90. The lowest BCUT2D eigenvalue weighted by atomic mass is 9.94. The molecule has 0 saturated heterocycles. The Bertz CT molecular complexity index is 642. The molecule has 0 saturated carbocycles. The van der Waals surface area contributed by atoms with Crippen molar-refractivity contribution in [1.82, 2.24) is 4.98 Å². The number of nitrogens with one attached hydrogen (secondary N) is 1. The number of ether oxygens (including phenoxy) is 1. The van der Waals surface area contributed by atoms with Crippen molar-refractivity contribution in [3.8, 4) is 0 Å². The summed E-state index contributed by atoms with van der Waals surface area (Å²) in [6.07, 6.45) is 3.38. The number of rotatable bonds is 6. The first-order valence-corrected chi connectivity index (χ1v) is 6.50. The number of esters is 1. The molecule has 2 aromatic rings. The Morgan fingerprint density at radius 2 is 2.20 bits per heavy atom. The Morgan fingerprint density at radius 1 is 1.40 bits per heavy atom. The molecule has 20 heavy (non-hydrogen) atoms. The van der Waals surface area contributed by atoms with Crippen LogP contribution in [0.5, 0.6) is 0 Å². The van der Waals surface area contributed by atoms with Gasteiger partial charge in [-0.05, 0) is 12.1 Å². The number of ketones is 1. The van der Waals surface area contributed by atoms with Crippen molar-refractivity contribution >= 4 is 22.7 Å². The zero-order valence-electron chi connectivity index (χ0n) is 11.4. The number of carbonyl (C=O) groups excluding carboxylic acids is 2. The Labute approximate surface area is 117 Å². The topological polar surface area (TPSA) is 59.2 Å². The summed E-state index contributed by atoms with van der Waals surface area (Å²) in [5.74, 6) is -0.842. The fourth-order valence-corrected chi connectivity index (χ4v) is 2.12. The fraction of sp³-hybridized carbons (Fsp3) is 0.250. The van der Waals surface area contributed by atoms with Crippen molar-refractivity contribution in [2.45, 2.75) is 13.3 Å². The van der Waals surface area contributed by atoms with Crippen LogP contribution in [0.15, 0.2) is 43.1 Å². The van der Waals surface area contributed by atoms with E-state index in [1.165, 1.54) is 6.08 Å². The highest BCUT2D eigenvalue weighted by Gasteiger charge is 2.21. The normalized spacial score (nSPS) is 12.1. The van der Waals surface area contributed by atoms with Crippen LogP contribution < -0.4 is 0 Å². The minimum absolute atomic E-state index is 0.0502. The second kappa shape index (κ2) is 6.19. The van der Waals surface area contributed by atoms with Gasteiger partial charge in [0.05, 0.1) is 6.42 Å². The van der Waals surface area contributed by atoms with Gasteiger partial charge in [0.25, 0.3) is 0 Å². The number of Topliss-reactive ketones (excluding diaryl/α,β-unsaturated/α-hetero) is 1. The van der Waals surface area contributed by atoms with Gasteiger partial charge in [-0.2, -0.15) is 0 Å². The molecule has 0 fully saturated rings. The monoisotopic (exact) mass is 271 g/mol. The molecule has 1 aromatic carbocycles. The molecule has 0 aliphatic carbocycles. The highest BCUT2D eigenvalue weighted by Crippen LogP contribution is 2.21. The highest BCUT2D eigenvalue weighted by molar-refractivity contribution is 6.09. The van der Waals surface area contributed by atoms with Gasteiger partial charge in [-0.3, -0.25) is 9.59 Å². The molecule has 0 bridgehead atoms. The molecule has 1 heterocycles. The molecular formula is C16H17NO3. The summed E-state index contributed by atoms with van der Waals surface area (Å²) in [5, 5.41) is 0.879. The number of fused-ring (bicyclic) bond motifs is 1. The minimum atomic E-state index is -0.409. The van der Waals surface area contributed by atoms with E-state index in [1.54, 1.807) is 19.2 Å². The summed E-state index contributed by atoms with van der Waals surface area (Å²) in [5.41, 5.74) is 1.55. The van der Waals surface area contributed by atoms with E-state index in [4.69, 9.17) is 4.74 Å². The van der Waals surface area contributed by atoms with Gasteiger partial charge in [0, 0.05) is 28.6 Å². The van der Waals surface area contributed by atoms with Crippen LogP contribution >= 0.6 is 0 Å². The molecule has 0 aliphatic rings. The van der Waals surface area contributed by atoms with Crippen LogP contribution in [0, 0.1) is 5.92 Å². The summed E-state index contributed by atoms with van der Waals surface area (Å²) in [6.45, 7) is 5.39. The molecule has 1 atom stereocenters. The Morgan fingerprint density at radius 3 is 2.95 bits per heavy atom. The first-order valence-electron chi connectivity index (χ1n) is 6.50. The quantitative estimate of drug-likeness (QED) is 0.499. The van der Waals surface area contributed by atoms with E-state index in [1.807, 2.05) is 18.2 Å². The third kappa shape index (κ3) is 2.96. The smallest absolute Gasteiger partial charge is 0.306 e. The third-order valence-corrected chi connectivity index (χ3v) is 3.14. The number of aromatic nitrogens is 1. The van der Waals surface area contributed by atoms with Crippen molar-refractivity contribution in [2.75, 3.05) is 6.61 Å². The van der Waals surface area contributed by atoms with Crippen LogP contribution in [0.25, 0.3) is 10.9 Å². The van der Waals surface area contributed by atoms with Crippen LogP contribution in [-0.2, 0) is 9.53 Å². The zero-order chi connectivity index (χ0) is 14.5. The molecule has 1 aromatic heterocycles. The molecule has 4 heteroatoms. The molecular weight excluding hydrogens is 254 g/mol. The molecule has 1 unspecified atom stereocenters. The number of carbonyl (C=O) groups is 2. The predicted molar refractivity (Wildman–Crippen MR) is 77.6 cm³/mol. The van der Waals surface area contributed by atoms with Crippen LogP contribution in [0.2, 0.25) is 0 Å². The maximum absolute atomic E-state index is 12.4. The van der Waals surface area contributed by atoms with E-state index in [9.17, 15) is 9.59 Å². The number of hydrogen-bond donors (Lipinski definition) is 1. The van der Waals surface area contributed by atoms with Gasteiger partial charge in [0.15, 0.2) is 5.78 Å². The molecule has 2 rings (SSSR count). The SMILES string of the molecule is C=CCOC(=O)CC(C)C(=O)c1cccc2[nH]ccc12. The molecule has 1 N–H and O–H groups in total. The highest BCUT2D eigenvalue weighted by atomic mass is 16.5. The molecule has 0 spiro atoms. The second-order valence-corrected chi connectivity index (χ2v) is 4.69. The van der Waals surface area contributed by atoms with Gasteiger partial charge in [0.1, 0.15) is 6.61 Å². The first-order chi connectivity index (χ1) is 9.63. The van der Waals surface area contributed by atoms with Crippen molar-refractivity contribution < 1.29 is 14.3 Å². The van der Waals surface area contributed by atoms with Crippen LogP contribution in [-0.4, -0.2) is 23.3 Å². The lowest BCUT2D eigenvalue weighted by Crippen LogP contribution is -2.17. The summed E-state index contributed by atoms with van der Waals surface area (Å²) >= 11 is 0. The van der Waals surface area contributed by atoms with E-state index in [-0.39, 0.29) is 24.8 Å². The average molecular weight is 271 g/mol. The molecule has 0 radical (unpaired) electrons. The number of benzene rings is 1. The molecule has 4 nitrogen and oxygen atoms in total. The molecule has 0 aliphatic heterocycles. The third-order valence-electron chi connectivity index (χ3n) is 3.14. The number of H-pyrrole nitrogens is 1. The van der Waals surface area contributed by atoms with Gasteiger partial charge < -0.3 is 9.72 Å². The van der Waals surface area contributed by atoms with Crippen LogP contribution in [0.4, 0.5) is 0 Å². The lowest BCUT2D eigenvalue weighted by Gasteiger charge is -2.10. The zero-order valence-corrected chi connectivity index (χ0v) is 11.4. The lowest BCUT2D eigenvalue weighted by molar-refractivity contribution is -0.143. The Hall–Kier alpha value is -2.36. The van der Waals surface area contributed by atoms with Gasteiger partial charge in [-0.15, -0.1) is 0 Å². The average Bonchev–Trinajstić information content (AvgIpc) is 2.92. The van der Waals surface area contributed by atoms with Crippen molar-refractivity contribution in [2.24, 2.45) is 5.92 Å². The number of hydrogen-bond acceptors (Lipinski definition) is 3. The second-order valence-electron chi connectivity index (χ2n) is 4.69. The van der Waals surface area contributed by atoms with Gasteiger partial charge in [-0.1, -0.05) is 31.7 Å². The summed E-state index contributed by atoms with van der Waals surface area (Å²) in [6, 6.07) is 7.39. The fourth-order valence-electron chi connectivity index (χ4n) is 2.12. The van der Waals surface area contributed by atoms with E-state index >= 15 is 0 Å². The van der Waals surface area contributed by atoms with Crippen molar-refractivity contribution in [3.63, 3.8) is 0 Å². The van der Waals surface area contributed by atoms with Gasteiger partial charge in [0.2, 0.25) is 0 Å². The standard InChI is InChI=1S/C16H17NO3/c1-3-9-20-15(18)10-11(2)16(19)13-5-4-6-14-12(13)7-8-17-14/h3-8,11,17H,1,9-10H2,2H3. The molecule has 0 amide bonds. The summed E-state index contributed by atoms with van der Waals surface area (Å²) in [4.78, 5) is 27.0. The van der Waals surface area contributed by atoms with E-state index in [0.717, 1.165) is 10.9 Å². The van der Waals surface area contributed by atoms with E-state index < -0.39 is 5.92 Å². The maximum atomic E-state index is 12.4. The summed E-state index contributed by atoms with van der Waals surface area (Å²) in [7, 11) is 0. The molecule has 104 valence electrons. The Balaban J connectivity index is 2.12. The van der Waals surface area contributed by atoms with E-state index in [2.05, 4.69) is 11.6 Å². The van der Waals surface area contributed by atoms with E-state index in [0.29, 0.717) is 5.56 Å². The van der Waals surface area contributed by atoms with Gasteiger partial charge in [-0.25, -0.2) is 0 Å². The predicted octanol–water partition coefficient (Wildman–Crippen LogP) is 3.11. The maximum Gasteiger partial charge on any atom is 0.306 e. The Kier molecular flexibility index (Phi) is 4.35. The first kappa shape index (κ1) is 14.1. The van der Waals surface area contributed by atoms with Crippen LogP contribution in [0.1, 0.15) is 23.7 Å². The van der Waals surface area contributed by atoms with Crippen molar-refractivity contribution in [1.29, 1.82) is 0 Å². The van der Waals surface area contributed by atoms with Crippen molar-refractivity contribution in [3.05, 3.63) is 48.7 Å².